The molecule has 37 heavy (non-hydrogen) atoms. The Bertz CT molecular complexity index is 1820. The van der Waals surface area contributed by atoms with Crippen molar-refractivity contribution in [3.05, 3.63) is 112 Å². The number of fused-ring (bicyclic) bond motifs is 1. The van der Waals surface area contributed by atoms with E-state index >= 15 is 0 Å². The summed E-state index contributed by atoms with van der Waals surface area (Å²) < 4.78 is 33.3. The van der Waals surface area contributed by atoms with Gasteiger partial charge in [-0.2, -0.15) is 9.78 Å². The molecule has 4 aromatic carbocycles. The molecule has 0 spiro atoms. The summed E-state index contributed by atoms with van der Waals surface area (Å²) in [6.07, 6.45) is 0. The van der Waals surface area contributed by atoms with E-state index in [0.29, 0.717) is 22.3 Å². The maximum absolute atomic E-state index is 13.5. The van der Waals surface area contributed by atoms with E-state index in [0.717, 1.165) is 27.8 Å². The highest BCUT2D eigenvalue weighted by molar-refractivity contribution is 7.91. The smallest absolute Gasteiger partial charge is 0.279 e. The summed E-state index contributed by atoms with van der Waals surface area (Å²) in [4.78, 5) is 13.9. The molecule has 0 aliphatic heterocycles. The molecule has 0 radical (unpaired) electrons. The molecule has 186 valence electrons. The zero-order valence-electron chi connectivity index (χ0n) is 21.0. The van der Waals surface area contributed by atoms with Crippen LogP contribution in [0.4, 0.5) is 0 Å². The van der Waals surface area contributed by atoms with Crippen LogP contribution in [0.5, 0.6) is 5.75 Å². The Hall–Kier alpha value is -4.23. The van der Waals surface area contributed by atoms with Crippen LogP contribution in [-0.2, 0) is 9.84 Å². The molecule has 0 fully saturated rings. The fraction of sp³-hybridized carbons (Fsp3) is 0.133. The van der Waals surface area contributed by atoms with Crippen LogP contribution < -0.4 is 10.3 Å². The predicted molar refractivity (Wildman–Crippen MR) is 145 cm³/mol. The molecular formula is C30H26N2O4S. The number of aromatic nitrogens is 2. The molecule has 0 aliphatic carbocycles. The van der Waals surface area contributed by atoms with Gasteiger partial charge in [0, 0.05) is 10.9 Å². The zero-order chi connectivity index (χ0) is 26.3. The second-order valence-corrected chi connectivity index (χ2v) is 11.0. The Kier molecular flexibility index (Phi) is 6.17. The molecule has 7 heteroatoms. The quantitative estimate of drug-likeness (QED) is 0.298. The van der Waals surface area contributed by atoms with Gasteiger partial charge in [-0.3, -0.25) is 4.79 Å². The number of nitrogens with zero attached hydrogens (tertiary/aromatic N) is 2. The van der Waals surface area contributed by atoms with Crippen molar-refractivity contribution in [2.24, 2.45) is 0 Å². The summed E-state index contributed by atoms with van der Waals surface area (Å²) in [7, 11) is -2.12. The van der Waals surface area contributed by atoms with Gasteiger partial charge >= 0.3 is 0 Å². The number of sulfone groups is 1. The summed E-state index contributed by atoms with van der Waals surface area (Å²) >= 11 is 0. The van der Waals surface area contributed by atoms with Gasteiger partial charge in [0.05, 0.1) is 33.7 Å². The Morgan fingerprint density at radius 1 is 0.730 bits per heavy atom. The standard InChI is InChI=1S/C30H26N2O4S/c1-19-9-14-24(17-20(19)2)37(34,35)25-15-16-28(21(3)18-25)32-30(33)27-8-6-5-7-26(27)29(31-32)22-10-12-23(36-4)13-11-22/h5-18H,1-4H3. The van der Waals surface area contributed by atoms with Gasteiger partial charge in [0.1, 0.15) is 5.75 Å². The molecule has 0 saturated heterocycles. The summed E-state index contributed by atoms with van der Waals surface area (Å²) in [5.74, 6) is 0.720. The number of aryl methyl sites for hydroxylation is 3. The average Bonchev–Trinajstić information content (AvgIpc) is 2.91. The van der Waals surface area contributed by atoms with Gasteiger partial charge in [0.25, 0.3) is 5.56 Å². The summed E-state index contributed by atoms with van der Waals surface area (Å²) in [6, 6.07) is 24.7. The molecule has 0 amide bonds. The van der Waals surface area contributed by atoms with E-state index in [2.05, 4.69) is 0 Å². The van der Waals surface area contributed by atoms with Crippen molar-refractivity contribution in [2.45, 2.75) is 30.6 Å². The molecule has 6 nitrogen and oxygen atoms in total. The summed E-state index contributed by atoms with van der Waals surface area (Å²) in [6.45, 7) is 5.62. The summed E-state index contributed by atoms with van der Waals surface area (Å²) in [5.41, 5.74) is 4.27. The molecule has 5 rings (SSSR count). The van der Waals surface area contributed by atoms with Gasteiger partial charge in [-0.1, -0.05) is 24.3 Å². The first-order chi connectivity index (χ1) is 17.7. The van der Waals surface area contributed by atoms with E-state index in [-0.39, 0.29) is 15.4 Å². The van der Waals surface area contributed by atoms with E-state index in [1.54, 1.807) is 44.4 Å². The second-order valence-electron chi connectivity index (χ2n) is 9.04. The van der Waals surface area contributed by atoms with Crippen LogP contribution in [0.25, 0.3) is 27.7 Å². The van der Waals surface area contributed by atoms with E-state index in [4.69, 9.17) is 9.84 Å². The van der Waals surface area contributed by atoms with Crippen molar-refractivity contribution in [2.75, 3.05) is 7.11 Å². The van der Waals surface area contributed by atoms with Gasteiger partial charge in [-0.15, -0.1) is 0 Å². The van der Waals surface area contributed by atoms with Gasteiger partial charge < -0.3 is 4.74 Å². The van der Waals surface area contributed by atoms with Crippen LogP contribution in [0.1, 0.15) is 16.7 Å². The minimum absolute atomic E-state index is 0.168. The minimum atomic E-state index is -3.72. The van der Waals surface area contributed by atoms with Crippen molar-refractivity contribution < 1.29 is 13.2 Å². The maximum Gasteiger partial charge on any atom is 0.279 e. The highest BCUT2D eigenvalue weighted by atomic mass is 32.2. The van der Waals surface area contributed by atoms with Crippen LogP contribution in [-0.4, -0.2) is 25.3 Å². The van der Waals surface area contributed by atoms with E-state index in [1.165, 1.54) is 10.7 Å². The fourth-order valence-electron chi connectivity index (χ4n) is 4.36. The first kappa shape index (κ1) is 24.5. The lowest BCUT2D eigenvalue weighted by Gasteiger charge is -2.14. The molecule has 0 atom stereocenters. The third-order valence-corrected chi connectivity index (χ3v) is 8.41. The van der Waals surface area contributed by atoms with Gasteiger partial charge in [-0.25, -0.2) is 8.42 Å². The van der Waals surface area contributed by atoms with E-state index in [1.807, 2.05) is 62.4 Å². The van der Waals surface area contributed by atoms with E-state index in [9.17, 15) is 13.2 Å². The molecule has 0 bridgehead atoms. The zero-order valence-corrected chi connectivity index (χ0v) is 21.8. The molecule has 0 unspecified atom stereocenters. The number of hydrogen-bond donors (Lipinski definition) is 0. The van der Waals surface area contributed by atoms with E-state index < -0.39 is 9.84 Å². The third kappa shape index (κ3) is 4.32. The fourth-order valence-corrected chi connectivity index (χ4v) is 5.80. The maximum atomic E-state index is 13.5. The molecule has 5 aromatic rings. The average molecular weight is 511 g/mol. The molecular weight excluding hydrogens is 484 g/mol. The van der Waals surface area contributed by atoms with Gasteiger partial charge in [-0.05, 0) is 98.1 Å². The molecule has 1 heterocycles. The van der Waals surface area contributed by atoms with Crippen LogP contribution >= 0.6 is 0 Å². The normalized spacial score (nSPS) is 11.6. The van der Waals surface area contributed by atoms with Crippen LogP contribution in [0, 0.1) is 20.8 Å². The summed E-state index contributed by atoms with van der Waals surface area (Å²) in [5, 5.41) is 6.00. The lowest BCUT2D eigenvalue weighted by molar-refractivity contribution is 0.415. The SMILES string of the molecule is COc1ccc(-c2nn(-c3ccc(S(=O)(=O)c4ccc(C)c(C)c4)cc3C)c(=O)c3ccccc23)cc1. The van der Waals surface area contributed by atoms with Crippen LogP contribution in [0.15, 0.2) is 99.5 Å². The first-order valence-electron chi connectivity index (χ1n) is 11.8. The van der Waals surface area contributed by atoms with Crippen LogP contribution in [0.2, 0.25) is 0 Å². The Labute approximate surface area is 215 Å². The topological polar surface area (TPSA) is 78.3 Å². The van der Waals surface area contributed by atoms with Gasteiger partial charge in [0.15, 0.2) is 0 Å². The highest BCUT2D eigenvalue weighted by Gasteiger charge is 2.21. The Balaban J connectivity index is 1.67. The first-order valence-corrected chi connectivity index (χ1v) is 13.3. The molecule has 0 N–H and O–H groups in total. The number of hydrogen-bond acceptors (Lipinski definition) is 5. The van der Waals surface area contributed by atoms with Crippen molar-refractivity contribution in [3.63, 3.8) is 0 Å². The monoisotopic (exact) mass is 510 g/mol. The Morgan fingerprint density at radius 3 is 1.97 bits per heavy atom. The lowest BCUT2D eigenvalue weighted by Crippen LogP contribution is -2.23. The predicted octanol–water partition coefficient (Wildman–Crippen LogP) is 5.82. The Morgan fingerprint density at radius 2 is 1.35 bits per heavy atom. The van der Waals surface area contributed by atoms with Crippen molar-refractivity contribution in [1.82, 2.24) is 9.78 Å². The number of rotatable bonds is 5. The largest absolute Gasteiger partial charge is 0.497 e. The van der Waals surface area contributed by atoms with Crippen molar-refractivity contribution in [3.8, 4) is 22.7 Å². The van der Waals surface area contributed by atoms with Crippen LogP contribution in [0.3, 0.4) is 0 Å². The number of benzene rings is 4. The second kappa shape index (κ2) is 9.33. The molecule has 1 aromatic heterocycles. The molecule has 0 saturated carbocycles. The van der Waals surface area contributed by atoms with Crippen molar-refractivity contribution in [1.29, 1.82) is 0 Å². The molecule has 0 aliphatic rings. The minimum Gasteiger partial charge on any atom is -0.497 e. The highest BCUT2D eigenvalue weighted by Crippen LogP contribution is 2.29. The third-order valence-electron chi connectivity index (χ3n) is 6.66. The lowest BCUT2D eigenvalue weighted by atomic mass is 10.0. The van der Waals surface area contributed by atoms with Crippen molar-refractivity contribution >= 4 is 20.6 Å². The van der Waals surface area contributed by atoms with Gasteiger partial charge in [0.2, 0.25) is 9.84 Å². The number of methoxy groups -OCH3 is 1. The number of ether oxygens (including phenoxy) is 1.